The Balaban J connectivity index is 1.43. The molecule has 2 bridgehead atoms. The number of hydrogen-bond acceptors (Lipinski definition) is 2. The third-order valence-corrected chi connectivity index (χ3v) is 6.57. The molecule has 4 atom stereocenters. The molecule has 4 nitrogen and oxygen atoms in total. The monoisotopic (exact) mass is 304 g/mol. The van der Waals surface area contributed by atoms with Crippen molar-refractivity contribution in [2.24, 2.45) is 17.8 Å². The lowest BCUT2D eigenvalue weighted by molar-refractivity contribution is -0.143. The van der Waals surface area contributed by atoms with Crippen molar-refractivity contribution in [3.05, 3.63) is 0 Å². The molecule has 0 aromatic heterocycles. The van der Waals surface area contributed by atoms with E-state index in [0.29, 0.717) is 24.2 Å². The van der Waals surface area contributed by atoms with Crippen molar-refractivity contribution in [2.45, 2.75) is 63.8 Å². The molecule has 0 aromatic rings. The number of carbonyl (C=O) groups is 2. The molecule has 0 spiro atoms. The molecule has 2 amide bonds. The van der Waals surface area contributed by atoms with E-state index in [2.05, 4.69) is 4.90 Å². The smallest absolute Gasteiger partial charge is 0.226 e. The van der Waals surface area contributed by atoms with Gasteiger partial charge >= 0.3 is 0 Å². The van der Waals surface area contributed by atoms with E-state index in [1.807, 2.05) is 4.90 Å². The largest absolute Gasteiger partial charge is 0.341 e. The van der Waals surface area contributed by atoms with Crippen molar-refractivity contribution in [3.8, 4) is 0 Å². The highest BCUT2D eigenvalue weighted by atomic mass is 16.2. The van der Waals surface area contributed by atoms with Gasteiger partial charge < -0.3 is 9.80 Å². The van der Waals surface area contributed by atoms with Crippen LogP contribution < -0.4 is 0 Å². The summed E-state index contributed by atoms with van der Waals surface area (Å²) in [6, 6.07) is 0.280. The van der Waals surface area contributed by atoms with Crippen LogP contribution in [0.25, 0.3) is 0 Å². The van der Waals surface area contributed by atoms with Gasteiger partial charge in [-0.3, -0.25) is 9.59 Å². The van der Waals surface area contributed by atoms with E-state index in [1.165, 1.54) is 25.7 Å². The van der Waals surface area contributed by atoms with E-state index in [-0.39, 0.29) is 11.9 Å². The molecule has 0 N–H and O–H groups in total. The van der Waals surface area contributed by atoms with Crippen molar-refractivity contribution >= 4 is 11.8 Å². The van der Waals surface area contributed by atoms with Crippen molar-refractivity contribution in [1.29, 1.82) is 0 Å². The molecule has 2 aliphatic carbocycles. The Bertz CT molecular complexity index is 464. The van der Waals surface area contributed by atoms with E-state index in [1.54, 1.807) is 0 Å². The highest BCUT2D eigenvalue weighted by Crippen LogP contribution is 2.49. The number of carbonyl (C=O) groups excluding carboxylic acids is 2. The van der Waals surface area contributed by atoms with Crippen LogP contribution in [-0.2, 0) is 9.59 Å². The van der Waals surface area contributed by atoms with Crippen molar-refractivity contribution < 1.29 is 9.59 Å². The summed E-state index contributed by atoms with van der Waals surface area (Å²) in [6.07, 6.45) is 10.2. The Labute approximate surface area is 133 Å². The zero-order valence-electron chi connectivity index (χ0n) is 13.5. The predicted molar refractivity (Wildman–Crippen MR) is 84.1 cm³/mol. The minimum Gasteiger partial charge on any atom is -0.341 e. The second-order valence-corrected chi connectivity index (χ2v) is 7.91. The van der Waals surface area contributed by atoms with Crippen LogP contribution in [0, 0.1) is 17.8 Å². The van der Waals surface area contributed by atoms with Gasteiger partial charge in [-0.25, -0.2) is 0 Å². The quantitative estimate of drug-likeness (QED) is 0.803. The lowest BCUT2D eigenvalue weighted by atomic mass is 9.86. The third kappa shape index (κ3) is 2.55. The summed E-state index contributed by atoms with van der Waals surface area (Å²) in [4.78, 5) is 29.2. The van der Waals surface area contributed by atoms with Gasteiger partial charge in [0.1, 0.15) is 0 Å². The minimum absolute atomic E-state index is 0.280. The molecule has 4 rings (SSSR count). The second kappa shape index (κ2) is 5.86. The summed E-state index contributed by atoms with van der Waals surface area (Å²) < 4.78 is 0. The third-order valence-electron chi connectivity index (χ3n) is 6.57. The standard InChI is InChI=1S/C18H28N2O2/c21-17-5-3-8-19(17)12-15-4-1-2-9-20(15)18(22)16-11-13-6-7-14(16)10-13/h13-16H,1-12H2/t13-,14-,15-,16+/m0/s1. The number of hydrogen-bond donors (Lipinski definition) is 0. The van der Waals surface area contributed by atoms with E-state index in [9.17, 15) is 9.59 Å². The summed E-state index contributed by atoms with van der Waals surface area (Å²) >= 11 is 0. The van der Waals surface area contributed by atoms with Crippen LogP contribution in [0.15, 0.2) is 0 Å². The van der Waals surface area contributed by atoms with Gasteiger partial charge in [-0.05, 0) is 56.8 Å². The maximum Gasteiger partial charge on any atom is 0.226 e. The van der Waals surface area contributed by atoms with Crippen LogP contribution in [0.1, 0.15) is 57.8 Å². The van der Waals surface area contributed by atoms with Crippen molar-refractivity contribution in [3.63, 3.8) is 0 Å². The van der Waals surface area contributed by atoms with Crippen LogP contribution >= 0.6 is 0 Å². The van der Waals surface area contributed by atoms with Gasteiger partial charge in [0.05, 0.1) is 0 Å². The van der Waals surface area contributed by atoms with Crippen LogP contribution in [0.2, 0.25) is 0 Å². The summed E-state index contributed by atoms with van der Waals surface area (Å²) in [7, 11) is 0. The van der Waals surface area contributed by atoms with Gasteiger partial charge in [0, 0.05) is 38.0 Å². The summed E-state index contributed by atoms with van der Waals surface area (Å²) in [5, 5.41) is 0. The molecule has 22 heavy (non-hydrogen) atoms. The first kappa shape index (κ1) is 14.5. The Morgan fingerprint density at radius 3 is 2.64 bits per heavy atom. The molecule has 2 aliphatic heterocycles. The molecule has 2 saturated carbocycles. The van der Waals surface area contributed by atoms with Gasteiger partial charge in [-0.2, -0.15) is 0 Å². The molecule has 4 fully saturated rings. The second-order valence-electron chi connectivity index (χ2n) is 7.91. The van der Waals surface area contributed by atoms with E-state index in [0.717, 1.165) is 51.2 Å². The molecule has 4 heteroatoms. The number of rotatable bonds is 3. The number of likely N-dealkylation sites (tertiary alicyclic amines) is 2. The fraction of sp³-hybridized carbons (Fsp3) is 0.889. The zero-order valence-corrected chi connectivity index (χ0v) is 13.5. The molecule has 122 valence electrons. The van der Waals surface area contributed by atoms with Crippen LogP contribution in [-0.4, -0.2) is 47.3 Å². The summed E-state index contributed by atoms with van der Waals surface area (Å²) in [5.41, 5.74) is 0. The van der Waals surface area contributed by atoms with Crippen LogP contribution in [0.3, 0.4) is 0 Å². The Hall–Kier alpha value is -1.06. The van der Waals surface area contributed by atoms with Gasteiger partial charge in [0.15, 0.2) is 0 Å². The van der Waals surface area contributed by atoms with Crippen LogP contribution in [0.4, 0.5) is 0 Å². The Kier molecular flexibility index (Phi) is 3.87. The minimum atomic E-state index is 0.280. The maximum atomic E-state index is 13.1. The average molecular weight is 304 g/mol. The summed E-state index contributed by atoms with van der Waals surface area (Å²) in [6.45, 7) is 2.59. The lowest BCUT2D eigenvalue weighted by Crippen LogP contribution is -2.52. The van der Waals surface area contributed by atoms with E-state index >= 15 is 0 Å². The predicted octanol–water partition coefficient (Wildman–Crippen LogP) is 2.43. The van der Waals surface area contributed by atoms with Crippen molar-refractivity contribution in [1.82, 2.24) is 9.80 Å². The fourth-order valence-electron chi connectivity index (χ4n) is 5.39. The zero-order chi connectivity index (χ0) is 15.1. The average Bonchev–Trinajstić information content (AvgIpc) is 3.25. The first-order chi connectivity index (χ1) is 10.7. The van der Waals surface area contributed by atoms with E-state index < -0.39 is 0 Å². The molecule has 0 unspecified atom stereocenters. The topological polar surface area (TPSA) is 40.6 Å². The highest BCUT2D eigenvalue weighted by molar-refractivity contribution is 5.81. The molecule has 4 aliphatic rings. The molecule has 2 heterocycles. The number of amides is 2. The van der Waals surface area contributed by atoms with Gasteiger partial charge in [-0.15, -0.1) is 0 Å². The van der Waals surface area contributed by atoms with Crippen molar-refractivity contribution in [2.75, 3.05) is 19.6 Å². The lowest BCUT2D eigenvalue weighted by Gasteiger charge is -2.40. The number of piperidine rings is 1. The van der Waals surface area contributed by atoms with E-state index in [4.69, 9.17) is 0 Å². The first-order valence-corrected chi connectivity index (χ1v) is 9.30. The number of fused-ring (bicyclic) bond motifs is 2. The molecule has 0 aromatic carbocycles. The van der Waals surface area contributed by atoms with Gasteiger partial charge in [-0.1, -0.05) is 6.42 Å². The first-order valence-electron chi connectivity index (χ1n) is 9.30. The van der Waals surface area contributed by atoms with Gasteiger partial charge in [0.2, 0.25) is 11.8 Å². The fourth-order valence-corrected chi connectivity index (χ4v) is 5.39. The van der Waals surface area contributed by atoms with Crippen LogP contribution in [0.5, 0.6) is 0 Å². The summed E-state index contributed by atoms with van der Waals surface area (Å²) in [5.74, 6) is 2.49. The molecular formula is C18H28N2O2. The normalized spacial score (nSPS) is 38.1. The molecule has 2 saturated heterocycles. The molecule has 0 radical (unpaired) electrons. The van der Waals surface area contributed by atoms with Gasteiger partial charge in [0.25, 0.3) is 0 Å². The SMILES string of the molecule is O=C1CCCN1C[C@@H]1CCCCN1C(=O)[C@@H]1C[C@H]2CC[C@H]1C2. The maximum absolute atomic E-state index is 13.1. The Morgan fingerprint density at radius 2 is 1.95 bits per heavy atom. The number of nitrogens with zero attached hydrogens (tertiary/aromatic N) is 2. The highest BCUT2D eigenvalue weighted by Gasteiger charge is 2.45. The molecular weight excluding hydrogens is 276 g/mol. The Morgan fingerprint density at radius 1 is 1.05 bits per heavy atom.